The number of hydrogen-bond acceptors (Lipinski definition) is 5. The third-order valence-corrected chi connectivity index (χ3v) is 8.31. The van der Waals surface area contributed by atoms with Crippen molar-refractivity contribution >= 4 is 33.3 Å². The van der Waals surface area contributed by atoms with Crippen LogP contribution in [0.15, 0.2) is 40.6 Å². The number of quaternary nitrogens is 1. The lowest BCUT2D eigenvalue weighted by molar-refractivity contribution is -0.871. The normalized spacial score (nSPS) is 12.9. The summed E-state index contributed by atoms with van der Waals surface area (Å²) in [5, 5.41) is 16.3. The van der Waals surface area contributed by atoms with Crippen LogP contribution in [-0.4, -0.2) is 75.0 Å². The molecule has 0 fully saturated rings. The maximum Gasteiger partial charge on any atom is 0.490 e. The molecule has 0 aliphatic heterocycles. The van der Waals surface area contributed by atoms with E-state index in [4.69, 9.17) is 15.0 Å². The number of halogens is 3. The number of likely N-dealkylation sites (N-methyl/N-ethyl adjacent to an activating group) is 1. The van der Waals surface area contributed by atoms with Gasteiger partial charge in [-0.25, -0.2) is 17.9 Å². The first-order valence-electron chi connectivity index (χ1n) is 11.9. The molecule has 0 radical (unpaired) electrons. The van der Waals surface area contributed by atoms with E-state index in [1.807, 2.05) is 27.2 Å². The number of unbranched alkanes of at least 4 members (excludes halogenated alkanes) is 1. The van der Waals surface area contributed by atoms with E-state index in [1.54, 1.807) is 6.07 Å². The number of carbonyl (C=O) groups is 2. The molecule has 2 rings (SSSR count). The molecular formula is C25H36F3N2O6S2+. The number of thiophene rings is 1. The van der Waals surface area contributed by atoms with Crippen molar-refractivity contribution in [1.82, 2.24) is 4.72 Å². The molecule has 0 saturated carbocycles. The minimum absolute atomic E-state index is 0.231. The lowest BCUT2D eigenvalue weighted by atomic mass is 10.0. The Morgan fingerprint density at radius 1 is 0.974 bits per heavy atom. The summed E-state index contributed by atoms with van der Waals surface area (Å²) in [4.78, 5) is 21.1. The molecule has 0 unspecified atom stereocenters. The number of nitrogens with one attached hydrogen (secondary N) is 1. The van der Waals surface area contributed by atoms with Crippen molar-refractivity contribution in [1.29, 1.82) is 0 Å². The number of nitrogens with zero attached hydrogens (tertiary/aromatic N) is 1. The maximum absolute atomic E-state index is 12.8. The predicted octanol–water partition coefficient (Wildman–Crippen LogP) is 4.34. The van der Waals surface area contributed by atoms with Gasteiger partial charge in [-0.05, 0) is 48.9 Å². The summed E-state index contributed by atoms with van der Waals surface area (Å²) in [6.45, 7) is 2.58. The second-order valence-corrected chi connectivity index (χ2v) is 12.9. The fourth-order valence-corrected chi connectivity index (χ4v) is 6.05. The molecule has 38 heavy (non-hydrogen) atoms. The Bertz CT molecular complexity index is 1140. The third-order valence-electron chi connectivity index (χ3n) is 5.16. The summed E-state index contributed by atoms with van der Waals surface area (Å²) in [7, 11) is 1.96. The quantitative estimate of drug-likeness (QED) is 0.303. The molecule has 3 N–H and O–H groups in total. The highest BCUT2D eigenvalue weighted by Gasteiger charge is 2.38. The summed E-state index contributed by atoms with van der Waals surface area (Å²) >= 11 is 1.25. The zero-order chi connectivity index (χ0) is 29.1. The standard InChI is InChI=1S/C23H34N2O4S2.C2HF3O2/c1-5-6-7-18-8-10-19(11-9-18)12-13-21-14-15-23(30-21)31(28,29)24-20(16-22(26)27)17-25(2,3)4;3-2(4,5)1(6)7/h8-11,14-15,20,24H,5-7,12-13,16-17H2,1-4H3;(H,6,7)/p+1/t20-;/m1./s1. The van der Waals surface area contributed by atoms with E-state index in [0.717, 1.165) is 24.1 Å². The zero-order valence-electron chi connectivity index (χ0n) is 21.9. The van der Waals surface area contributed by atoms with Crippen molar-refractivity contribution < 1.29 is 45.9 Å². The highest BCUT2D eigenvalue weighted by molar-refractivity contribution is 7.91. The van der Waals surface area contributed by atoms with Gasteiger partial charge in [-0.1, -0.05) is 37.6 Å². The number of aliphatic carboxylic acids is 2. The Kier molecular flexibility index (Phi) is 12.9. The first kappa shape index (κ1) is 33.5. The van der Waals surface area contributed by atoms with E-state index in [0.29, 0.717) is 11.0 Å². The van der Waals surface area contributed by atoms with Crippen molar-refractivity contribution in [3.8, 4) is 0 Å². The summed E-state index contributed by atoms with van der Waals surface area (Å²) in [6.07, 6.45) is -0.223. The molecule has 1 aromatic carbocycles. The predicted molar refractivity (Wildman–Crippen MR) is 140 cm³/mol. The Morgan fingerprint density at radius 3 is 1.95 bits per heavy atom. The Hall–Kier alpha value is -2.48. The molecule has 0 spiro atoms. The number of carboxylic acid groups (broad SMARTS) is 2. The number of hydrogen-bond donors (Lipinski definition) is 3. The van der Waals surface area contributed by atoms with Crippen molar-refractivity contribution in [3.05, 3.63) is 52.4 Å². The maximum atomic E-state index is 12.8. The number of sulfonamides is 1. The lowest BCUT2D eigenvalue weighted by Crippen LogP contribution is -2.49. The van der Waals surface area contributed by atoms with Gasteiger partial charge in [0.25, 0.3) is 10.0 Å². The highest BCUT2D eigenvalue weighted by Crippen LogP contribution is 2.24. The number of rotatable bonds is 13. The van der Waals surface area contributed by atoms with Gasteiger partial charge in [0, 0.05) is 4.88 Å². The number of benzene rings is 1. The lowest BCUT2D eigenvalue weighted by Gasteiger charge is -2.28. The number of alkyl halides is 3. The van der Waals surface area contributed by atoms with Crippen LogP contribution >= 0.6 is 11.3 Å². The van der Waals surface area contributed by atoms with Crippen molar-refractivity contribution in [3.63, 3.8) is 0 Å². The van der Waals surface area contributed by atoms with Crippen LogP contribution in [0.2, 0.25) is 0 Å². The molecule has 13 heteroatoms. The fourth-order valence-electron chi connectivity index (χ4n) is 3.45. The molecule has 1 atom stereocenters. The topological polar surface area (TPSA) is 121 Å². The number of aryl methyl sites for hydroxylation is 3. The van der Waals surface area contributed by atoms with Crippen molar-refractivity contribution in [2.75, 3.05) is 27.7 Å². The second kappa shape index (κ2) is 14.6. The average molecular weight is 582 g/mol. The van der Waals surface area contributed by atoms with Crippen LogP contribution in [0.5, 0.6) is 0 Å². The fraction of sp³-hybridized carbons (Fsp3) is 0.520. The van der Waals surface area contributed by atoms with E-state index in [2.05, 4.69) is 35.9 Å². The van der Waals surface area contributed by atoms with Crippen LogP contribution in [0.4, 0.5) is 13.2 Å². The SMILES string of the molecule is CCCCc1ccc(CCc2ccc(S(=O)(=O)N[C@H](CC(=O)O)C[N+](C)(C)C)s2)cc1.O=C(O)C(F)(F)F. The summed E-state index contributed by atoms with van der Waals surface area (Å²) in [5.74, 6) is -3.78. The van der Waals surface area contributed by atoms with Crippen LogP contribution in [0.1, 0.15) is 42.2 Å². The van der Waals surface area contributed by atoms with Crippen LogP contribution in [0.3, 0.4) is 0 Å². The summed E-state index contributed by atoms with van der Waals surface area (Å²) in [5.41, 5.74) is 2.59. The van der Waals surface area contributed by atoms with E-state index < -0.39 is 34.2 Å². The second-order valence-electron chi connectivity index (χ2n) is 9.83. The summed E-state index contributed by atoms with van der Waals surface area (Å²) in [6, 6.07) is 11.4. The first-order chi connectivity index (χ1) is 17.4. The van der Waals surface area contributed by atoms with Crippen molar-refractivity contribution in [2.24, 2.45) is 0 Å². The Morgan fingerprint density at radius 2 is 1.50 bits per heavy atom. The molecule has 0 saturated heterocycles. The van der Waals surface area contributed by atoms with Gasteiger partial charge in [-0.2, -0.15) is 13.2 Å². The van der Waals surface area contributed by atoms with Gasteiger partial charge in [-0.15, -0.1) is 11.3 Å². The van der Waals surface area contributed by atoms with Gasteiger partial charge >= 0.3 is 18.1 Å². The Labute approximate surface area is 225 Å². The molecule has 8 nitrogen and oxygen atoms in total. The molecule has 0 amide bonds. The van der Waals surface area contributed by atoms with E-state index in [1.165, 1.54) is 35.3 Å². The molecule has 0 aliphatic carbocycles. The van der Waals surface area contributed by atoms with Gasteiger partial charge in [0.2, 0.25) is 0 Å². The van der Waals surface area contributed by atoms with E-state index >= 15 is 0 Å². The van der Waals surface area contributed by atoms with Gasteiger partial charge in [0.05, 0.1) is 40.2 Å². The van der Waals surface area contributed by atoms with Gasteiger partial charge in [0.15, 0.2) is 0 Å². The van der Waals surface area contributed by atoms with Gasteiger partial charge in [0.1, 0.15) is 4.21 Å². The van der Waals surface area contributed by atoms with E-state index in [9.17, 15) is 26.4 Å². The largest absolute Gasteiger partial charge is 0.490 e. The van der Waals surface area contributed by atoms with Crippen LogP contribution in [0.25, 0.3) is 0 Å². The van der Waals surface area contributed by atoms with E-state index in [-0.39, 0.29) is 10.6 Å². The number of carboxylic acids is 2. The molecule has 2 aromatic rings. The smallest absolute Gasteiger partial charge is 0.481 e. The average Bonchev–Trinajstić information content (AvgIpc) is 3.25. The minimum atomic E-state index is -5.08. The minimum Gasteiger partial charge on any atom is -0.481 e. The molecular weight excluding hydrogens is 545 g/mol. The third kappa shape index (κ3) is 13.4. The molecule has 1 heterocycles. The highest BCUT2D eigenvalue weighted by atomic mass is 32.2. The summed E-state index contributed by atoms with van der Waals surface area (Å²) < 4.78 is 60.7. The first-order valence-corrected chi connectivity index (χ1v) is 14.2. The van der Waals surface area contributed by atoms with Crippen LogP contribution < -0.4 is 4.72 Å². The molecule has 214 valence electrons. The van der Waals surface area contributed by atoms with Crippen LogP contribution in [0, 0.1) is 0 Å². The van der Waals surface area contributed by atoms with Crippen LogP contribution in [-0.2, 0) is 38.9 Å². The van der Waals surface area contributed by atoms with Crippen molar-refractivity contribution in [2.45, 2.75) is 61.9 Å². The monoisotopic (exact) mass is 581 g/mol. The molecule has 1 aromatic heterocycles. The Balaban J connectivity index is 0.000000905. The zero-order valence-corrected chi connectivity index (χ0v) is 23.5. The molecule has 0 aliphatic rings. The molecule has 0 bridgehead atoms. The van der Waals surface area contributed by atoms with Gasteiger partial charge in [-0.3, -0.25) is 4.79 Å². The van der Waals surface area contributed by atoms with Gasteiger partial charge < -0.3 is 14.7 Å².